The highest BCUT2D eigenvalue weighted by Gasteiger charge is 2.24. The number of fused-ring (bicyclic) bond motifs is 1. The van der Waals surface area contributed by atoms with Gasteiger partial charge in [0.2, 0.25) is 0 Å². The molecule has 26 heavy (non-hydrogen) atoms. The fourth-order valence-corrected chi connectivity index (χ4v) is 4.90. The van der Waals surface area contributed by atoms with Crippen LogP contribution in [0.5, 0.6) is 0 Å². The van der Waals surface area contributed by atoms with Crippen LogP contribution in [0.3, 0.4) is 0 Å². The van der Waals surface area contributed by atoms with Gasteiger partial charge in [0.25, 0.3) is 0 Å². The highest BCUT2D eigenvalue weighted by atomic mass is 32.1. The van der Waals surface area contributed by atoms with Gasteiger partial charge in [-0.15, -0.1) is 11.3 Å². The highest BCUT2D eigenvalue weighted by Crippen LogP contribution is 2.34. The monoisotopic (exact) mass is 381 g/mol. The normalized spacial score (nSPS) is 15.4. The summed E-state index contributed by atoms with van der Waals surface area (Å²) >= 11 is 7.51. The Morgan fingerprint density at radius 3 is 2.65 bits per heavy atom. The van der Waals surface area contributed by atoms with Gasteiger partial charge >= 0.3 is 0 Å². The number of hydrogen-bond donors (Lipinski definition) is 1. The lowest BCUT2D eigenvalue weighted by molar-refractivity contribution is 0.316. The number of likely N-dealkylation sites (tertiary alicyclic amines) is 1. The van der Waals surface area contributed by atoms with E-state index in [4.69, 9.17) is 17.2 Å². The minimum absolute atomic E-state index is 0.548. The Morgan fingerprint density at radius 1 is 1.12 bits per heavy atom. The molecule has 0 spiro atoms. The van der Waals surface area contributed by atoms with Crippen LogP contribution in [0, 0.1) is 13.8 Å². The lowest BCUT2D eigenvalue weighted by atomic mass is 9.98. The summed E-state index contributed by atoms with van der Waals surface area (Å²) in [7, 11) is 0. The van der Waals surface area contributed by atoms with Gasteiger partial charge in [-0.3, -0.25) is 0 Å². The standard InChI is InChI=1S/C21H23N3S2/c1-14-6-5-8-17(15(14)2)23-21(25)24-12-10-16(11-13-24)20-22-18-7-3-4-9-19(18)26-20/h3-9,16H,10-13H2,1-2H3,(H,23,25). The Hall–Kier alpha value is -1.98. The largest absolute Gasteiger partial charge is 0.349 e. The number of nitrogens with one attached hydrogen (secondary N) is 1. The van der Waals surface area contributed by atoms with E-state index >= 15 is 0 Å². The average Bonchev–Trinajstić information content (AvgIpc) is 3.10. The van der Waals surface area contributed by atoms with Crippen LogP contribution in [0.4, 0.5) is 5.69 Å². The molecule has 3 aromatic rings. The molecule has 0 atom stereocenters. The lowest BCUT2D eigenvalue weighted by Crippen LogP contribution is -2.40. The predicted molar refractivity (Wildman–Crippen MR) is 115 cm³/mol. The van der Waals surface area contributed by atoms with E-state index in [1.54, 1.807) is 0 Å². The number of thiazole rings is 1. The van der Waals surface area contributed by atoms with Crippen molar-refractivity contribution in [3.63, 3.8) is 0 Å². The Balaban J connectivity index is 1.40. The summed E-state index contributed by atoms with van der Waals surface area (Å²) in [5, 5.41) is 5.55. The second-order valence-electron chi connectivity index (χ2n) is 6.96. The first-order valence-corrected chi connectivity index (χ1v) is 10.3. The van der Waals surface area contributed by atoms with Crippen molar-refractivity contribution in [3.05, 3.63) is 58.6 Å². The molecule has 1 aromatic heterocycles. The number of benzene rings is 2. The summed E-state index contributed by atoms with van der Waals surface area (Å²) in [5.41, 5.74) is 4.79. The molecule has 0 bridgehead atoms. The topological polar surface area (TPSA) is 28.2 Å². The molecular formula is C21H23N3S2. The first kappa shape index (κ1) is 17.4. The van der Waals surface area contributed by atoms with Gasteiger partial charge in [-0.2, -0.15) is 0 Å². The molecule has 2 aromatic carbocycles. The second-order valence-corrected chi connectivity index (χ2v) is 8.41. The number of thiocarbonyl (C=S) groups is 1. The van der Waals surface area contributed by atoms with Crippen molar-refractivity contribution in [1.82, 2.24) is 9.88 Å². The zero-order chi connectivity index (χ0) is 18.1. The van der Waals surface area contributed by atoms with Crippen LogP contribution >= 0.6 is 23.6 Å². The van der Waals surface area contributed by atoms with Crippen molar-refractivity contribution in [1.29, 1.82) is 0 Å². The quantitative estimate of drug-likeness (QED) is 0.594. The molecule has 1 fully saturated rings. The SMILES string of the molecule is Cc1cccc(NC(=S)N2CCC(c3nc4ccccc4s3)CC2)c1C. The van der Waals surface area contributed by atoms with Gasteiger partial charge < -0.3 is 10.2 Å². The van der Waals surface area contributed by atoms with E-state index in [-0.39, 0.29) is 0 Å². The first-order chi connectivity index (χ1) is 12.6. The van der Waals surface area contributed by atoms with Crippen LogP contribution in [0.15, 0.2) is 42.5 Å². The van der Waals surface area contributed by atoms with Gasteiger partial charge in [0.15, 0.2) is 5.11 Å². The number of piperidine rings is 1. The van der Waals surface area contributed by atoms with Gasteiger partial charge in [-0.1, -0.05) is 24.3 Å². The van der Waals surface area contributed by atoms with E-state index in [0.29, 0.717) is 5.92 Å². The van der Waals surface area contributed by atoms with Crippen molar-refractivity contribution < 1.29 is 0 Å². The van der Waals surface area contributed by atoms with Crippen LogP contribution in [0.25, 0.3) is 10.2 Å². The minimum Gasteiger partial charge on any atom is -0.349 e. The molecule has 0 saturated carbocycles. The Bertz CT molecular complexity index is 906. The maximum Gasteiger partial charge on any atom is 0.173 e. The molecule has 1 saturated heterocycles. The summed E-state index contributed by atoms with van der Waals surface area (Å²) in [4.78, 5) is 7.14. The van der Waals surface area contributed by atoms with Crippen LogP contribution in [0.2, 0.25) is 0 Å². The number of aromatic nitrogens is 1. The number of nitrogens with zero attached hydrogens (tertiary/aromatic N) is 2. The molecule has 4 rings (SSSR count). The molecule has 0 radical (unpaired) electrons. The summed E-state index contributed by atoms with van der Waals surface area (Å²) in [5.74, 6) is 0.548. The van der Waals surface area contributed by atoms with Crippen molar-refractivity contribution in [2.45, 2.75) is 32.6 Å². The van der Waals surface area contributed by atoms with Crippen molar-refractivity contribution >= 4 is 44.6 Å². The van der Waals surface area contributed by atoms with E-state index in [2.05, 4.69) is 66.5 Å². The number of hydrogen-bond acceptors (Lipinski definition) is 3. The number of para-hydroxylation sites is 1. The summed E-state index contributed by atoms with van der Waals surface area (Å²) in [6.45, 7) is 6.24. The van der Waals surface area contributed by atoms with Crippen LogP contribution in [-0.2, 0) is 0 Å². The molecule has 1 aliphatic heterocycles. The number of aryl methyl sites for hydroxylation is 1. The van der Waals surface area contributed by atoms with Crippen molar-refractivity contribution in [3.8, 4) is 0 Å². The molecule has 134 valence electrons. The third-order valence-corrected chi connectivity index (χ3v) is 6.85. The van der Waals surface area contributed by atoms with Gasteiger partial charge in [0, 0.05) is 24.7 Å². The molecule has 1 N–H and O–H groups in total. The van der Waals surface area contributed by atoms with E-state index < -0.39 is 0 Å². The van der Waals surface area contributed by atoms with E-state index in [1.165, 1.54) is 20.8 Å². The molecule has 0 amide bonds. The third-order valence-electron chi connectivity index (χ3n) is 5.29. The van der Waals surface area contributed by atoms with Crippen molar-refractivity contribution in [2.24, 2.45) is 0 Å². The van der Waals surface area contributed by atoms with Crippen molar-refractivity contribution in [2.75, 3.05) is 18.4 Å². The smallest absolute Gasteiger partial charge is 0.173 e. The molecular weight excluding hydrogens is 358 g/mol. The van der Waals surface area contributed by atoms with Crippen LogP contribution < -0.4 is 5.32 Å². The zero-order valence-corrected chi connectivity index (χ0v) is 16.8. The maximum atomic E-state index is 5.67. The third kappa shape index (κ3) is 3.46. The fourth-order valence-electron chi connectivity index (χ4n) is 3.47. The van der Waals surface area contributed by atoms with Gasteiger partial charge in [0.05, 0.1) is 15.2 Å². The first-order valence-electron chi connectivity index (χ1n) is 9.09. The van der Waals surface area contributed by atoms with E-state index in [9.17, 15) is 0 Å². The second kappa shape index (κ2) is 7.33. The predicted octanol–water partition coefficient (Wildman–Crippen LogP) is 5.49. The maximum absolute atomic E-state index is 5.67. The molecule has 0 aliphatic carbocycles. The van der Waals surface area contributed by atoms with E-state index in [0.717, 1.165) is 42.2 Å². The molecule has 0 unspecified atom stereocenters. The number of rotatable bonds is 2. The van der Waals surface area contributed by atoms with Crippen LogP contribution in [0.1, 0.15) is 34.9 Å². The average molecular weight is 382 g/mol. The van der Waals surface area contributed by atoms with Crippen LogP contribution in [-0.4, -0.2) is 28.1 Å². The molecule has 1 aliphatic rings. The fraction of sp³-hybridized carbons (Fsp3) is 0.333. The molecule has 3 nitrogen and oxygen atoms in total. The highest BCUT2D eigenvalue weighted by molar-refractivity contribution is 7.80. The van der Waals surface area contributed by atoms with E-state index in [1.807, 2.05) is 11.3 Å². The zero-order valence-electron chi connectivity index (χ0n) is 15.2. The number of anilines is 1. The summed E-state index contributed by atoms with van der Waals surface area (Å²) < 4.78 is 1.29. The Morgan fingerprint density at radius 2 is 1.88 bits per heavy atom. The minimum atomic E-state index is 0.548. The van der Waals surface area contributed by atoms with Gasteiger partial charge in [-0.05, 0) is 68.2 Å². The Labute approximate surface area is 164 Å². The molecule has 2 heterocycles. The van der Waals surface area contributed by atoms with Gasteiger partial charge in [0.1, 0.15) is 0 Å². The summed E-state index contributed by atoms with van der Waals surface area (Å²) in [6.07, 6.45) is 2.21. The summed E-state index contributed by atoms with van der Waals surface area (Å²) in [6, 6.07) is 14.7. The Kier molecular flexibility index (Phi) is 4.92. The van der Waals surface area contributed by atoms with Gasteiger partial charge in [-0.25, -0.2) is 4.98 Å². The lowest BCUT2D eigenvalue weighted by Gasteiger charge is -2.33. The molecule has 5 heteroatoms.